The van der Waals surface area contributed by atoms with Gasteiger partial charge in [0.25, 0.3) is 0 Å². The molecular formula is C21H14Cl2N2. The van der Waals surface area contributed by atoms with Crippen molar-refractivity contribution >= 4 is 51.1 Å². The number of imidazole rings is 1. The van der Waals surface area contributed by atoms with E-state index >= 15 is 0 Å². The summed E-state index contributed by atoms with van der Waals surface area (Å²) in [5.74, 6) is 0.711. The molecule has 0 saturated heterocycles. The van der Waals surface area contributed by atoms with Gasteiger partial charge < -0.3 is 4.98 Å². The first kappa shape index (κ1) is 15.0. The molecule has 0 bridgehead atoms. The van der Waals surface area contributed by atoms with Gasteiger partial charge in [-0.25, -0.2) is 4.98 Å². The summed E-state index contributed by atoms with van der Waals surface area (Å²) in [6.45, 7) is 0. The largest absolute Gasteiger partial charge is 0.337 e. The van der Waals surface area contributed by atoms with Crippen molar-refractivity contribution in [1.29, 1.82) is 0 Å². The molecule has 4 aromatic rings. The van der Waals surface area contributed by atoms with Crippen LogP contribution in [0.5, 0.6) is 0 Å². The first-order valence-corrected chi connectivity index (χ1v) is 9.04. The van der Waals surface area contributed by atoms with Crippen LogP contribution < -0.4 is 0 Å². The molecule has 1 aliphatic rings. The highest BCUT2D eigenvalue weighted by Crippen LogP contribution is 2.39. The number of halogens is 2. The van der Waals surface area contributed by atoms with E-state index in [2.05, 4.69) is 41.4 Å². The molecule has 0 amide bonds. The fourth-order valence-corrected chi connectivity index (χ4v) is 4.31. The number of rotatable bonds is 1. The van der Waals surface area contributed by atoms with Crippen LogP contribution in [-0.4, -0.2) is 9.97 Å². The summed E-state index contributed by atoms with van der Waals surface area (Å²) in [6, 6.07) is 14.0. The topological polar surface area (TPSA) is 28.7 Å². The van der Waals surface area contributed by atoms with Gasteiger partial charge in [0.05, 0.1) is 26.6 Å². The van der Waals surface area contributed by atoms with Crippen molar-refractivity contribution in [3.8, 4) is 11.4 Å². The number of nitrogens with zero attached hydrogens (tertiary/aromatic N) is 1. The summed E-state index contributed by atoms with van der Waals surface area (Å²) in [6.07, 6.45) is 6.53. The van der Waals surface area contributed by atoms with Gasteiger partial charge in [-0.2, -0.15) is 0 Å². The van der Waals surface area contributed by atoms with Gasteiger partial charge in [-0.1, -0.05) is 65.7 Å². The fraction of sp³-hybridized carbons (Fsp3) is 0.0952. The Morgan fingerprint density at radius 2 is 1.68 bits per heavy atom. The van der Waals surface area contributed by atoms with E-state index in [1.165, 1.54) is 16.5 Å². The van der Waals surface area contributed by atoms with E-state index < -0.39 is 0 Å². The molecule has 1 N–H and O–H groups in total. The third-order valence-corrected chi connectivity index (χ3v) is 5.48. The van der Waals surface area contributed by atoms with E-state index in [0.717, 1.165) is 34.8 Å². The predicted molar refractivity (Wildman–Crippen MR) is 106 cm³/mol. The average molecular weight is 365 g/mol. The zero-order chi connectivity index (χ0) is 17.0. The lowest BCUT2D eigenvalue weighted by atomic mass is 9.90. The predicted octanol–water partition coefficient (Wildman–Crippen LogP) is 6.65. The van der Waals surface area contributed by atoms with Gasteiger partial charge in [0, 0.05) is 10.9 Å². The monoisotopic (exact) mass is 364 g/mol. The van der Waals surface area contributed by atoms with Gasteiger partial charge in [0.15, 0.2) is 0 Å². The maximum atomic E-state index is 6.39. The Morgan fingerprint density at radius 1 is 0.920 bits per heavy atom. The van der Waals surface area contributed by atoms with Crippen LogP contribution in [0.3, 0.4) is 0 Å². The Balaban J connectivity index is 1.92. The Labute approximate surface area is 155 Å². The van der Waals surface area contributed by atoms with Crippen molar-refractivity contribution in [2.75, 3.05) is 0 Å². The standard InChI is InChI=1S/C21H14Cl2N2/c22-16-10-5-11-17(23)18(16)21-24-19-14-8-3-1-6-12(14)13-7-2-4-9-15(13)20(19)25-21/h1,3-6,8-11H,2,7H2,(H,24,25). The zero-order valence-corrected chi connectivity index (χ0v) is 14.8. The van der Waals surface area contributed by atoms with Gasteiger partial charge >= 0.3 is 0 Å². The van der Waals surface area contributed by atoms with E-state index in [1.54, 1.807) is 0 Å². The van der Waals surface area contributed by atoms with Crippen LogP contribution in [0, 0.1) is 0 Å². The molecule has 0 saturated carbocycles. The number of nitrogens with one attached hydrogen (secondary N) is 1. The molecule has 122 valence electrons. The molecule has 1 aliphatic carbocycles. The van der Waals surface area contributed by atoms with Crippen molar-refractivity contribution in [2.24, 2.45) is 0 Å². The lowest BCUT2D eigenvalue weighted by Gasteiger charge is -2.14. The van der Waals surface area contributed by atoms with Crippen LogP contribution in [0.1, 0.15) is 17.5 Å². The molecule has 0 fully saturated rings. The molecular weight excluding hydrogens is 351 g/mol. The second-order valence-electron chi connectivity index (χ2n) is 6.28. The molecule has 1 aromatic heterocycles. The molecule has 0 unspecified atom stereocenters. The number of aromatic amines is 1. The lowest BCUT2D eigenvalue weighted by molar-refractivity contribution is 0.999. The summed E-state index contributed by atoms with van der Waals surface area (Å²) in [4.78, 5) is 8.37. The summed E-state index contributed by atoms with van der Waals surface area (Å²) in [5.41, 5.74) is 5.37. The fourth-order valence-electron chi connectivity index (χ4n) is 3.74. The average Bonchev–Trinajstić information content (AvgIpc) is 3.07. The maximum Gasteiger partial charge on any atom is 0.141 e. The van der Waals surface area contributed by atoms with E-state index in [9.17, 15) is 0 Å². The highest BCUT2D eigenvalue weighted by Gasteiger charge is 2.19. The first-order chi connectivity index (χ1) is 12.2. The summed E-state index contributed by atoms with van der Waals surface area (Å²) < 4.78 is 0. The number of hydrogen-bond donors (Lipinski definition) is 1. The lowest BCUT2D eigenvalue weighted by Crippen LogP contribution is -1.97. The van der Waals surface area contributed by atoms with Crippen LogP contribution in [0.25, 0.3) is 39.3 Å². The summed E-state index contributed by atoms with van der Waals surface area (Å²) in [5, 5.41) is 3.63. The number of fused-ring (bicyclic) bond motifs is 6. The minimum atomic E-state index is 0.597. The Bertz CT molecular complexity index is 1150. The molecule has 4 heteroatoms. The number of H-pyrrole nitrogens is 1. The van der Waals surface area contributed by atoms with Crippen LogP contribution >= 0.6 is 23.2 Å². The molecule has 0 radical (unpaired) electrons. The maximum absolute atomic E-state index is 6.39. The van der Waals surface area contributed by atoms with Gasteiger partial charge in [-0.05, 0) is 35.9 Å². The number of aryl methyl sites for hydroxylation is 1. The zero-order valence-electron chi connectivity index (χ0n) is 13.3. The van der Waals surface area contributed by atoms with Crippen molar-refractivity contribution in [3.05, 3.63) is 69.7 Å². The second kappa shape index (κ2) is 5.62. The second-order valence-corrected chi connectivity index (χ2v) is 7.10. The van der Waals surface area contributed by atoms with Gasteiger partial charge in [-0.3, -0.25) is 0 Å². The van der Waals surface area contributed by atoms with Crippen molar-refractivity contribution < 1.29 is 0 Å². The Kier molecular flexibility index (Phi) is 3.37. The van der Waals surface area contributed by atoms with Gasteiger partial charge in [0.1, 0.15) is 5.82 Å². The van der Waals surface area contributed by atoms with E-state index in [4.69, 9.17) is 28.2 Å². The quantitative estimate of drug-likeness (QED) is 0.402. The number of benzene rings is 3. The number of allylic oxidation sites excluding steroid dienone is 1. The van der Waals surface area contributed by atoms with Crippen molar-refractivity contribution in [2.45, 2.75) is 12.8 Å². The van der Waals surface area contributed by atoms with Crippen molar-refractivity contribution in [1.82, 2.24) is 9.97 Å². The van der Waals surface area contributed by atoms with Crippen LogP contribution in [-0.2, 0) is 6.42 Å². The highest BCUT2D eigenvalue weighted by atomic mass is 35.5. The SMILES string of the molecule is Clc1cccc(Cl)c1-c1nc2c([nH]1)c1c(c3ccccc32)CCC=C1. The van der Waals surface area contributed by atoms with Crippen LogP contribution in [0.2, 0.25) is 10.0 Å². The molecule has 5 rings (SSSR count). The summed E-state index contributed by atoms with van der Waals surface area (Å²) in [7, 11) is 0. The normalized spacial score (nSPS) is 13.5. The minimum Gasteiger partial charge on any atom is -0.337 e. The van der Waals surface area contributed by atoms with E-state index in [-0.39, 0.29) is 0 Å². The van der Waals surface area contributed by atoms with E-state index in [1.807, 2.05) is 18.2 Å². The molecule has 2 nitrogen and oxygen atoms in total. The van der Waals surface area contributed by atoms with E-state index in [0.29, 0.717) is 15.9 Å². The van der Waals surface area contributed by atoms with Crippen molar-refractivity contribution in [3.63, 3.8) is 0 Å². The van der Waals surface area contributed by atoms with Crippen LogP contribution in [0.4, 0.5) is 0 Å². The van der Waals surface area contributed by atoms with Gasteiger partial charge in [0.2, 0.25) is 0 Å². The van der Waals surface area contributed by atoms with Crippen LogP contribution in [0.15, 0.2) is 48.5 Å². The number of aromatic nitrogens is 2. The Morgan fingerprint density at radius 3 is 2.48 bits per heavy atom. The molecule has 1 heterocycles. The summed E-state index contributed by atoms with van der Waals surface area (Å²) >= 11 is 12.8. The third-order valence-electron chi connectivity index (χ3n) is 4.85. The Hall–Kier alpha value is -2.29. The number of hydrogen-bond acceptors (Lipinski definition) is 1. The van der Waals surface area contributed by atoms with Gasteiger partial charge in [-0.15, -0.1) is 0 Å². The molecule has 0 atom stereocenters. The first-order valence-electron chi connectivity index (χ1n) is 8.28. The highest BCUT2D eigenvalue weighted by molar-refractivity contribution is 6.39. The smallest absolute Gasteiger partial charge is 0.141 e. The molecule has 25 heavy (non-hydrogen) atoms. The molecule has 3 aromatic carbocycles. The molecule has 0 aliphatic heterocycles. The third kappa shape index (κ3) is 2.21. The minimum absolute atomic E-state index is 0.597. The molecule has 0 spiro atoms.